The zero-order valence-electron chi connectivity index (χ0n) is 15.2. The van der Waals surface area contributed by atoms with Crippen LogP contribution in [0.2, 0.25) is 0 Å². The number of aliphatic hydroxyl groups is 1. The number of benzene rings is 1. The van der Waals surface area contributed by atoms with E-state index in [-0.39, 0.29) is 6.04 Å². The van der Waals surface area contributed by atoms with Gasteiger partial charge >= 0.3 is 0 Å². The highest BCUT2D eigenvalue weighted by Gasteiger charge is 2.42. The molecule has 2 bridgehead atoms. The van der Waals surface area contributed by atoms with Gasteiger partial charge in [0.2, 0.25) is 0 Å². The minimum atomic E-state index is -0.469. The molecule has 3 fully saturated rings. The highest BCUT2D eigenvalue weighted by molar-refractivity contribution is 5.83. The highest BCUT2D eigenvalue weighted by atomic mass is 16.5. The summed E-state index contributed by atoms with van der Waals surface area (Å²) in [5.41, 5.74) is 1.90. The molecule has 5 atom stereocenters. The predicted octanol–water partition coefficient (Wildman–Crippen LogP) is 3.79. The summed E-state index contributed by atoms with van der Waals surface area (Å²) in [4.78, 5) is 6.98. The first-order chi connectivity index (χ1) is 12.2. The highest BCUT2D eigenvalue weighted by Crippen LogP contribution is 2.42. The van der Waals surface area contributed by atoms with E-state index in [4.69, 9.17) is 4.74 Å². The van der Waals surface area contributed by atoms with Crippen LogP contribution in [0.3, 0.4) is 0 Å². The van der Waals surface area contributed by atoms with E-state index in [9.17, 15) is 5.11 Å². The maximum absolute atomic E-state index is 11.2. The summed E-state index contributed by atoms with van der Waals surface area (Å²) in [6, 6.07) is 8.16. The Morgan fingerprint density at radius 3 is 2.92 bits per heavy atom. The van der Waals surface area contributed by atoms with Crippen molar-refractivity contribution in [2.75, 3.05) is 19.7 Å². The first-order valence-corrected chi connectivity index (χ1v) is 9.64. The minimum absolute atomic E-state index is 0.225. The van der Waals surface area contributed by atoms with Crippen LogP contribution in [-0.4, -0.2) is 40.7 Å². The summed E-state index contributed by atoms with van der Waals surface area (Å²) >= 11 is 0. The second-order valence-electron chi connectivity index (χ2n) is 7.47. The lowest BCUT2D eigenvalue weighted by atomic mass is 9.72. The number of pyridine rings is 1. The van der Waals surface area contributed by atoms with Crippen molar-refractivity contribution in [3.8, 4) is 5.75 Å². The van der Waals surface area contributed by atoms with Gasteiger partial charge in [-0.1, -0.05) is 13.3 Å². The molecule has 5 rings (SSSR count). The number of nitrogens with zero attached hydrogens (tertiary/aromatic N) is 2. The normalized spacial score (nSPS) is 29.7. The van der Waals surface area contributed by atoms with Gasteiger partial charge < -0.3 is 9.84 Å². The van der Waals surface area contributed by atoms with Crippen molar-refractivity contribution >= 4 is 10.9 Å². The van der Waals surface area contributed by atoms with Gasteiger partial charge in [0.05, 0.1) is 18.2 Å². The van der Waals surface area contributed by atoms with Crippen LogP contribution in [0.4, 0.5) is 0 Å². The van der Waals surface area contributed by atoms with E-state index in [1.54, 1.807) is 0 Å². The molecule has 0 saturated carbocycles. The molecule has 2 aromatic rings. The Balaban J connectivity index is 1.66. The molecular formula is C21H28N2O2. The van der Waals surface area contributed by atoms with Crippen molar-refractivity contribution in [2.45, 2.75) is 45.3 Å². The number of aliphatic hydroxyl groups excluding tert-OH is 1. The van der Waals surface area contributed by atoms with Gasteiger partial charge in [-0.3, -0.25) is 9.88 Å². The molecule has 25 heavy (non-hydrogen) atoms. The molecule has 4 heteroatoms. The Kier molecular flexibility index (Phi) is 4.65. The summed E-state index contributed by atoms with van der Waals surface area (Å²) in [5, 5.41) is 12.2. The van der Waals surface area contributed by atoms with Crippen LogP contribution in [0.25, 0.3) is 10.9 Å². The monoisotopic (exact) mass is 340 g/mol. The zero-order chi connectivity index (χ0) is 17.4. The van der Waals surface area contributed by atoms with Gasteiger partial charge in [0.25, 0.3) is 0 Å². The SMILES string of the molecule is CCOc1ccc2nccc([C@@H](O)[C@@H]3C[C@H]4CCN3C[C@@H]4CC)c2c1. The molecule has 3 aliphatic heterocycles. The number of fused-ring (bicyclic) bond motifs is 4. The molecule has 0 spiro atoms. The zero-order valence-corrected chi connectivity index (χ0v) is 15.2. The van der Waals surface area contributed by atoms with Gasteiger partial charge in [-0.2, -0.15) is 0 Å². The lowest BCUT2D eigenvalue weighted by molar-refractivity contribution is -0.0562. The Hall–Kier alpha value is -1.65. The van der Waals surface area contributed by atoms with E-state index < -0.39 is 6.10 Å². The summed E-state index contributed by atoms with van der Waals surface area (Å²) in [5.74, 6) is 2.41. The molecule has 1 unspecified atom stereocenters. The van der Waals surface area contributed by atoms with Gasteiger partial charge in [0, 0.05) is 24.2 Å². The lowest BCUT2D eigenvalue weighted by Gasteiger charge is -2.51. The minimum Gasteiger partial charge on any atom is -0.494 e. The molecule has 1 aromatic carbocycles. The van der Waals surface area contributed by atoms with Crippen LogP contribution in [-0.2, 0) is 0 Å². The molecule has 1 aromatic heterocycles. The van der Waals surface area contributed by atoms with E-state index in [2.05, 4.69) is 16.8 Å². The molecule has 0 aliphatic carbocycles. The molecule has 3 saturated heterocycles. The molecular weight excluding hydrogens is 312 g/mol. The van der Waals surface area contributed by atoms with Crippen LogP contribution < -0.4 is 4.74 Å². The van der Waals surface area contributed by atoms with Crippen molar-refractivity contribution in [1.82, 2.24) is 9.88 Å². The molecule has 0 amide bonds. The first-order valence-electron chi connectivity index (χ1n) is 9.64. The van der Waals surface area contributed by atoms with Crippen LogP contribution in [0, 0.1) is 11.8 Å². The Morgan fingerprint density at radius 2 is 2.20 bits per heavy atom. The summed E-state index contributed by atoms with van der Waals surface area (Å²) in [7, 11) is 0. The van der Waals surface area contributed by atoms with E-state index in [0.29, 0.717) is 6.61 Å². The van der Waals surface area contributed by atoms with Crippen molar-refractivity contribution in [3.05, 3.63) is 36.0 Å². The summed E-state index contributed by atoms with van der Waals surface area (Å²) in [6.07, 6.45) is 4.98. The van der Waals surface area contributed by atoms with Gasteiger partial charge in [-0.05, 0) is 68.0 Å². The molecule has 0 radical (unpaired) electrons. The second kappa shape index (κ2) is 6.93. The third-order valence-electron chi connectivity index (χ3n) is 6.20. The second-order valence-corrected chi connectivity index (χ2v) is 7.47. The Bertz CT molecular complexity index is 748. The Labute approximate surface area is 149 Å². The predicted molar refractivity (Wildman–Crippen MR) is 99.7 cm³/mol. The number of hydrogen-bond acceptors (Lipinski definition) is 4. The van der Waals surface area contributed by atoms with Gasteiger partial charge in [-0.15, -0.1) is 0 Å². The van der Waals surface area contributed by atoms with Crippen LogP contribution in [0.15, 0.2) is 30.5 Å². The first kappa shape index (κ1) is 16.8. The van der Waals surface area contributed by atoms with E-state index in [1.165, 1.54) is 12.8 Å². The molecule has 1 N–H and O–H groups in total. The van der Waals surface area contributed by atoms with Crippen LogP contribution >= 0.6 is 0 Å². The van der Waals surface area contributed by atoms with Crippen molar-refractivity contribution < 1.29 is 9.84 Å². The number of aromatic nitrogens is 1. The third kappa shape index (κ3) is 3.02. The van der Waals surface area contributed by atoms with Crippen LogP contribution in [0.1, 0.15) is 44.8 Å². The van der Waals surface area contributed by atoms with Crippen LogP contribution in [0.5, 0.6) is 5.75 Å². The lowest BCUT2D eigenvalue weighted by Crippen LogP contribution is -2.55. The fraction of sp³-hybridized carbons (Fsp3) is 0.571. The molecule has 4 nitrogen and oxygen atoms in total. The van der Waals surface area contributed by atoms with Gasteiger partial charge in [-0.25, -0.2) is 0 Å². The summed E-state index contributed by atoms with van der Waals surface area (Å²) in [6.45, 7) is 7.18. The fourth-order valence-electron chi connectivity index (χ4n) is 4.84. The maximum atomic E-state index is 11.2. The topological polar surface area (TPSA) is 45.6 Å². The van der Waals surface area contributed by atoms with Crippen molar-refractivity contribution in [1.29, 1.82) is 0 Å². The third-order valence-corrected chi connectivity index (χ3v) is 6.20. The standard InChI is InChI=1S/C21H28N2O2/c1-3-14-13-23-10-8-15(14)11-20(23)21(24)17-7-9-22-19-6-5-16(25-4-2)12-18(17)19/h5-7,9,12,14-15,20-21,24H,3-4,8,10-11,13H2,1-2H3/t14-,15+,20-,21+/m0/s1. The molecule has 3 aliphatic rings. The quantitative estimate of drug-likeness (QED) is 0.899. The smallest absolute Gasteiger partial charge is 0.120 e. The van der Waals surface area contributed by atoms with E-state index in [1.807, 2.05) is 37.4 Å². The maximum Gasteiger partial charge on any atom is 0.120 e. The number of piperidine rings is 3. The largest absolute Gasteiger partial charge is 0.494 e. The average Bonchev–Trinajstić information content (AvgIpc) is 2.67. The van der Waals surface area contributed by atoms with Crippen molar-refractivity contribution in [2.24, 2.45) is 11.8 Å². The molecule has 4 heterocycles. The average molecular weight is 340 g/mol. The Morgan fingerprint density at radius 1 is 1.32 bits per heavy atom. The van der Waals surface area contributed by atoms with Gasteiger partial charge in [0.1, 0.15) is 5.75 Å². The number of hydrogen-bond donors (Lipinski definition) is 1. The van der Waals surface area contributed by atoms with Crippen molar-refractivity contribution in [3.63, 3.8) is 0 Å². The molecule has 134 valence electrons. The fourth-order valence-corrected chi connectivity index (χ4v) is 4.84. The number of ether oxygens (including phenoxy) is 1. The van der Waals surface area contributed by atoms with Gasteiger partial charge in [0.15, 0.2) is 0 Å². The number of rotatable bonds is 5. The van der Waals surface area contributed by atoms with E-state index >= 15 is 0 Å². The van der Waals surface area contributed by atoms with E-state index in [0.717, 1.165) is 53.6 Å². The summed E-state index contributed by atoms with van der Waals surface area (Å²) < 4.78 is 5.65.